The van der Waals surface area contributed by atoms with E-state index in [1.165, 1.54) is 5.56 Å². The minimum Gasteiger partial charge on any atom is -0.456 e. The van der Waals surface area contributed by atoms with E-state index in [4.69, 9.17) is 14.2 Å². The normalized spacial score (nSPS) is 11.5. The van der Waals surface area contributed by atoms with Crippen molar-refractivity contribution in [3.05, 3.63) is 180 Å². The Balaban J connectivity index is 0.000000480. The fraction of sp³-hybridized carbons (Fsp3) is 0.0217. The van der Waals surface area contributed by atoms with Gasteiger partial charge in [-0.2, -0.15) is 0 Å². The Morgan fingerprint density at radius 3 is 1.88 bits per heavy atom. The molecule has 9 aromatic rings. The van der Waals surface area contributed by atoms with Crippen molar-refractivity contribution in [1.82, 2.24) is 0 Å². The molecular weight excluding hydrogens is 627 g/mol. The molecule has 5 heteroatoms. The Morgan fingerprint density at radius 1 is 0.529 bits per heavy atom. The van der Waals surface area contributed by atoms with Crippen LogP contribution in [-0.2, 0) is 0 Å². The van der Waals surface area contributed by atoms with Gasteiger partial charge in [0.1, 0.15) is 22.3 Å². The van der Waals surface area contributed by atoms with E-state index < -0.39 is 0 Å². The van der Waals surface area contributed by atoms with Crippen LogP contribution in [0, 0.1) is 12.3 Å². The number of benzene rings is 7. The van der Waals surface area contributed by atoms with Gasteiger partial charge < -0.3 is 8.83 Å². The summed E-state index contributed by atoms with van der Waals surface area (Å²) >= 11 is 0. The third-order valence-electron chi connectivity index (χ3n) is 9.01. The van der Waals surface area contributed by atoms with E-state index in [-0.39, 0.29) is 5.84 Å². The molecule has 5 nitrogen and oxygen atoms in total. The van der Waals surface area contributed by atoms with Crippen molar-refractivity contribution in [3.8, 4) is 22.3 Å². The predicted octanol–water partition coefficient (Wildman–Crippen LogP) is 12.3. The quantitative estimate of drug-likeness (QED) is 0.151. The SMILES string of the molecule is C=NC(=NC(=N)c1cccc2oc3ccc(-c4cccc5oc6cc(-c7ccccc7)ccc6c45)cc3c12)c1ccccc1.Cc1ccccc1. The fourth-order valence-electron chi connectivity index (χ4n) is 6.55. The molecule has 2 aromatic heterocycles. The zero-order chi connectivity index (χ0) is 34.7. The van der Waals surface area contributed by atoms with Gasteiger partial charge in [-0.05, 0) is 72.3 Å². The van der Waals surface area contributed by atoms with Crippen LogP contribution in [0.25, 0.3) is 66.1 Å². The maximum Gasteiger partial charge on any atom is 0.161 e. The van der Waals surface area contributed by atoms with E-state index >= 15 is 0 Å². The first-order chi connectivity index (χ1) is 25.1. The van der Waals surface area contributed by atoms with Crippen molar-refractivity contribution in [2.24, 2.45) is 9.98 Å². The molecule has 51 heavy (non-hydrogen) atoms. The van der Waals surface area contributed by atoms with Gasteiger partial charge in [0, 0.05) is 32.7 Å². The summed E-state index contributed by atoms with van der Waals surface area (Å²) in [5.74, 6) is 0.488. The van der Waals surface area contributed by atoms with E-state index in [1.807, 2.05) is 103 Å². The molecule has 0 spiro atoms. The number of amidine groups is 2. The van der Waals surface area contributed by atoms with Crippen LogP contribution >= 0.6 is 0 Å². The number of fused-ring (bicyclic) bond motifs is 6. The summed E-state index contributed by atoms with van der Waals surface area (Å²) < 4.78 is 12.6. The van der Waals surface area contributed by atoms with Crippen LogP contribution in [0.5, 0.6) is 0 Å². The minimum absolute atomic E-state index is 0.0899. The molecule has 0 fully saturated rings. The van der Waals surface area contributed by atoms with Gasteiger partial charge in [0.15, 0.2) is 11.7 Å². The lowest BCUT2D eigenvalue weighted by Gasteiger charge is -2.06. The van der Waals surface area contributed by atoms with Crippen LogP contribution in [0.4, 0.5) is 0 Å². The molecule has 0 aliphatic heterocycles. The van der Waals surface area contributed by atoms with Gasteiger partial charge >= 0.3 is 0 Å². The molecule has 0 amide bonds. The first-order valence-corrected chi connectivity index (χ1v) is 16.7. The van der Waals surface area contributed by atoms with Gasteiger partial charge in [0.2, 0.25) is 0 Å². The van der Waals surface area contributed by atoms with Crippen molar-refractivity contribution in [3.63, 3.8) is 0 Å². The summed E-state index contributed by atoms with van der Waals surface area (Å²) in [6.07, 6.45) is 0. The Hall–Kier alpha value is -6.85. The Morgan fingerprint density at radius 2 is 1.18 bits per heavy atom. The topological polar surface area (TPSA) is 74.8 Å². The first-order valence-electron chi connectivity index (χ1n) is 16.7. The van der Waals surface area contributed by atoms with Crippen LogP contribution < -0.4 is 0 Å². The average Bonchev–Trinajstić information content (AvgIpc) is 3.76. The van der Waals surface area contributed by atoms with Crippen molar-refractivity contribution >= 4 is 62.3 Å². The smallest absolute Gasteiger partial charge is 0.161 e. The summed E-state index contributed by atoms with van der Waals surface area (Å²) in [4.78, 5) is 8.67. The van der Waals surface area contributed by atoms with Crippen molar-refractivity contribution in [1.29, 1.82) is 5.41 Å². The Labute approximate surface area is 295 Å². The summed E-state index contributed by atoms with van der Waals surface area (Å²) in [6.45, 7) is 5.77. The summed E-state index contributed by atoms with van der Waals surface area (Å²) in [5, 5.41) is 12.8. The second-order valence-corrected chi connectivity index (χ2v) is 12.3. The molecule has 0 radical (unpaired) electrons. The highest BCUT2D eigenvalue weighted by Crippen LogP contribution is 2.40. The fourth-order valence-corrected chi connectivity index (χ4v) is 6.55. The Bertz CT molecular complexity index is 2720. The molecule has 7 aromatic carbocycles. The summed E-state index contributed by atoms with van der Waals surface area (Å²) in [5.41, 5.74) is 10.3. The number of rotatable bonds is 4. The summed E-state index contributed by atoms with van der Waals surface area (Å²) in [7, 11) is 0. The molecule has 0 saturated heterocycles. The van der Waals surface area contributed by atoms with Crippen LogP contribution in [-0.4, -0.2) is 18.4 Å². The zero-order valence-electron chi connectivity index (χ0n) is 28.0. The maximum atomic E-state index is 8.95. The molecule has 0 atom stereocenters. The van der Waals surface area contributed by atoms with E-state index in [2.05, 4.69) is 84.3 Å². The number of nitrogens with one attached hydrogen (secondary N) is 1. The van der Waals surface area contributed by atoms with Crippen LogP contribution in [0.1, 0.15) is 16.7 Å². The van der Waals surface area contributed by atoms with Crippen molar-refractivity contribution < 1.29 is 8.83 Å². The number of hydrogen-bond donors (Lipinski definition) is 1. The monoisotopic (exact) mass is 659 g/mol. The molecule has 0 aliphatic carbocycles. The maximum absolute atomic E-state index is 8.95. The van der Waals surface area contributed by atoms with E-state index in [1.54, 1.807) is 0 Å². The number of aliphatic imine (C=N–C) groups is 2. The lowest BCUT2D eigenvalue weighted by atomic mass is 9.96. The second kappa shape index (κ2) is 13.6. The molecule has 0 aliphatic rings. The number of hydrogen-bond acceptors (Lipinski definition) is 3. The zero-order valence-corrected chi connectivity index (χ0v) is 28.0. The van der Waals surface area contributed by atoms with Gasteiger partial charge in [-0.25, -0.2) is 9.98 Å². The third kappa shape index (κ3) is 6.13. The number of furan rings is 2. The van der Waals surface area contributed by atoms with Gasteiger partial charge in [-0.3, -0.25) is 5.41 Å². The third-order valence-corrected chi connectivity index (χ3v) is 9.01. The number of nitrogens with zero attached hydrogens (tertiary/aromatic N) is 2. The summed E-state index contributed by atoms with van der Waals surface area (Å²) in [6, 6.07) is 54.7. The van der Waals surface area contributed by atoms with E-state index in [0.29, 0.717) is 17.0 Å². The van der Waals surface area contributed by atoms with Gasteiger partial charge in [-0.15, -0.1) is 0 Å². The van der Waals surface area contributed by atoms with Gasteiger partial charge in [0.05, 0.1) is 0 Å². The van der Waals surface area contributed by atoms with Crippen molar-refractivity contribution in [2.45, 2.75) is 6.92 Å². The highest BCUT2D eigenvalue weighted by molar-refractivity contribution is 6.21. The molecule has 0 saturated carbocycles. The lowest BCUT2D eigenvalue weighted by molar-refractivity contribution is 0.669. The van der Waals surface area contributed by atoms with Crippen molar-refractivity contribution in [2.75, 3.05) is 0 Å². The molecule has 9 rings (SSSR count). The van der Waals surface area contributed by atoms with E-state index in [0.717, 1.165) is 66.1 Å². The van der Waals surface area contributed by atoms with Crippen LogP contribution in [0.2, 0.25) is 0 Å². The standard InChI is InChI=1S/C39H25N3O2.C7H8/c1-41-39(25-12-6-3-7-13-25)42-38(40)30-15-9-17-34-37(30)31-22-27(19-21-32(31)43-34)28-14-8-16-33-36(28)29-20-18-26(23-35(29)44-33)24-10-4-2-5-11-24;1-7-5-3-2-4-6-7/h2-23,40H,1H2;2-6H,1H3. The molecule has 1 N–H and O–H groups in total. The second-order valence-electron chi connectivity index (χ2n) is 12.3. The average molecular weight is 660 g/mol. The predicted molar refractivity (Wildman–Crippen MR) is 212 cm³/mol. The Kier molecular flexibility index (Phi) is 8.36. The van der Waals surface area contributed by atoms with Crippen LogP contribution in [0.15, 0.2) is 183 Å². The lowest BCUT2D eigenvalue weighted by Crippen LogP contribution is -2.03. The van der Waals surface area contributed by atoms with Gasteiger partial charge in [-0.1, -0.05) is 133 Å². The highest BCUT2D eigenvalue weighted by Gasteiger charge is 2.18. The molecule has 0 unspecified atom stereocenters. The van der Waals surface area contributed by atoms with Crippen LogP contribution in [0.3, 0.4) is 0 Å². The molecular formula is C46H33N3O2. The molecule has 244 valence electrons. The molecule has 2 heterocycles. The minimum atomic E-state index is 0.0899. The highest BCUT2D eigenvalue weighted by atomic mass is 16.3. The first kappa shape index (κ1) is 31.4. The molecule has 0 bridgehead atoms. The number of aryl methyl sites for hydroxylation is 1. The largest absolute Gasteiger partial charge is 0.456 e. The van der Waals surface area contributed by atoms with E-state index in [9.17, 15) is 0 Å². The van der Waals surface area contributed by atoms with Gasteiger partial charge in [0.25, 0.3) is 0 Å².